The highest BCUT2D eigenvalue weighted by atomic mass is 32.1. The smallest absolute Gasteiger partial charge is 0.222 e. The molecule has 24 heavy (non-hydrogen) atoms. The number of hydrogen-bond donors (Lipinski definition) is 0. The fraction of sp³-hybridized carbons (Fsp3) is 0.450. The van der Waals surface area contributed by atoms with Crippen molar-refractivity contribution in [3.8, 4) is 5.75 Å². The summed E-state index contributed by atoms with van der Waals surface area (Å²) in [7, 11) is 1.68. The van der Waals surface area contributed by atoms with Crippen molar-refractivity contribution in [3.05, 3.63) is 51.7 Å². The Hall–Kier alpha value is -1.81. The van der Waals surface area contributed by atoms with E-state index in [1.54, 1.807) is 23.3 Å². The number of ether oxygens (including phenoxy) is 1. The van der Waals surface area contributed by atoms with Crippen LogP contribution in [0.2, 0.25) is 0 Å². The SMILES string of the molecule is [2H]C([2H])([2H])CC(=O)N(CCc1cccs1)C1CCc2c(cccc2OC)C1. The number of amides is 1. The normalized spacial score (nSPS) is 18.9. The largest absolute Gasteiger partial charge is 0.496 e. The van der Waals surface area contributed by atoms with Crippen molar-refractivity contribution in [1.82, 2.24) is 4.90 Å². The summed E-state index contributed by atoms with van der Waals surface area (Å²) in [6, 6.07) is 10.1. The zero-order valence-electron chi connectivity index (χ0n) is 17.0. The van der Waals surface area contributed by atoms with Crippen LogP contribution in [-0.4, -0.2) is 30.5 Å². The molecule has 4 heteroatoms. The number of carbonyl (C=O) groups is 1. The van der Waals surface area contributed by atoms with E-state index in [9.17, 15) is 4.79 Å². The molecule has 1 amide bonds. The molecule has 0 aliphatic heterocycles. The predicted octanol–water partition coefficient (Wildman–Crippen LogP) is 4.10. The summed E-state index contributed by atoms with van der Waals surface area (Å²) < 4.78 is 27.9. The second-order valence-electron chi connectivity index (χ2n) is 6.09. The molecule has 1 atom stereocenters. The first-order valence-corrected chi connectivity index (χ1v) is 9.22. The molecule has 3 nitrogen and oxygen atoms in total. The molecule has 0 saturated carbocycles. The van der Waals surface area contributed by atoms with Crippen LogP contribution in [0.3, 0.4) is 0 Å². The first-order valence-electron chi connectivity index (χ1n) is 9.84. The van der Waals surface area contributed by atoms with Gasteiger partial charge in [0.15, 0.2) is 0 Å². The first-order chi connectivity index (χ1) is 12.9. The van der Waals surface area contributed by atoms with Crippen molar-refractivity contribution in [3.63, 3.8) is 0 Å². The van der Waals surface area contributed by atoms with Crippen LogP contribution in [0.15, 0.2) is 35.7 Å². The number of fused-ring (bicyclic) bond motifs is 1. The third-order valence-electron chi connectivity index (χ3n) is 4.72. The Morgan fingerprint density at radius 1 is 1.42 bits per heavy atom. The summed E-state index contributed by atoms with van der Waals surface area (Å²) in [5.74, 6) is 0.618. The number of carbonyl (C=O) groups excluding carboxylic acids is 1. The zero-order chi connectivity index (χ0) is 19.4. The van der Waals surface area contributed by atoms with Crippen LogP contribution >= 0.6 is 11.3 Å². The minimum atomic E-state index is -2.24. The summed E-state index contributed by atoms with van der Waals surface area (Å²) in [4.78, 5) is 15.8. The van der Waals surface area contributed by atoms with Crippen molar-refractivity contribution >= 4 is 17.2 Å². The van der Waals surface area contributed by atoms with Crippen molar-refractivity contribution in [2.24, 2.45) is 0 Å². The van der Waals surface area contributed by atoms with E-state index in [2.05, 4.69) is 12.1 Å². The molecule has 1 aromatic heterocycles. The summed E-state index contributed by atoms with van der Waals surface area (Å²) in [5, 5.41) is 2.02. The predicted molar refractivity (Wildman–Crippen MR) is 98.8 cm³/mol. The number of rotatable bonds is 6. The van der Waals surface area contributed by atoms with E-state index in [1.807, 2.05) is 23.6 Å². The van der Waals surface area contributed by atoms with Gasteiger partial charge in [-0.15, -0.1) is 11.3 Å². The van der Waals surface area contributed by atoms with Crippen LogP contribution in [0.5, 0.6) is 5.75 Å². The Balaban J connectivity index is 1.78. The molecule has 2 aromatic rings. The average Bonchev–Trinajstić information content (AvgIpc) is 3.13. The fourth-order valence-corrected chi connectivity index (χ4v) is 4.21. The van der Waals surface area contributed by atoms with Gasteiger partial charge in [0.1, 0.15) is 5.75 Å². The molecule has 0 saturated heterocycles. The number of methoxy groups -OCH3 is 1. The topological polar surface area (TPSA) is 29.5 Å². The van der Waals surface area contributed by atoms with Crippen LogP contribution in [0.1, 0.15) is 39.8 Å². The van der Waals surface area contributed by atoms with Crippen LogP contribution < -0.4 is 4.74 Å². The Bertz CT molecular complexity index is 774. The van der Waals surface area contributed by atoms with E-state index < -0.39 is 13.3 Å². The van der Waals surface area contributed by atoms with E-state index in [0.717, 1.165) is 31.4 Å². The highest BCUT2D eigenvalue weighted by molar-refractivity contribution is 7.09. The van der Waals surface area contributed by atoms with Gasteiger partial charge in [0.05, 0.1) is 7.11 Å². The monoisotopic (exact) mass is 346 g/mol. The summed E-state index contributed by atoms with van der Waals surface area (Å²) in [6.45, 7) is -1.69. The molecule has 1 aromatic carbocycles. The molecule has 3 rings (SSSR count). The highest BCUT2D eigenvalue weighted by Gasteiger charge is 2.28. The maximum atomic E-state index is 12.8. The molecule has 1 aliphatic carbocycles. The fourth-order valence-electron chi connectivity index (χ4n) is 3.51. The summed E-state index contributed by atoms with van der Waals surface area (Å²) in [5.41, 5.74) is 2.39. The van der Waals surface area contributed by atoms with E-state index in [1.165, 1.54) is 16.0 Å². The molecule has 0 bridgehead atoms. The molecule has 1 aliphatic rings. The molecule has 1 unspecified atom stereocenters. The number of thiophene rings is 1. The van der Waals surface area contributed by atoms with Gasteiger partial charge >= 0.3 is 0 Å². The third-order valence-corrected chi connectivity index (χ3v) is 5.66. The van der Waals surface area contributed by atoms with Crippen molar-refractivity contribution in [1.29, 1.82) is 0 Å². The van der Waals surface area contributed by atoms with E-state index in [4.69, 9.17) is 8.85 Å². The number of nitrogens with zero attached hydrogens (tertiary/aromatic N) is 1. The quantitative estimate of drug-likeness (QED) is 0.788. The second-order valence-corrected chi connectivity index (χ2v) is 7.12. The Kier molecular flexibility index (Phi) is 4.40. The molecule has 0 N–H and O–H groups in total. The van der Waals surface area contributed by atoms with Crippen LogP contribution in [0.4, 0.5) is 0 Å². The van der Waals surface area contributed by atoms with E-state index in [-0.39, 0.29) is 11.9 Å². The number of hydrogen-bond acceptors (Lipinski definition) is 3. The van der Waals surface area contributed by atoms with E-state index in [0.29, 0.717) is 6.54 Å². The lowest BCUT2D eigenvalue weighted by atomic mass is 9.86. The van der Waals surface area contributed by atoms with Crippen LogP contribution in [0, 0.1) is 0 Å². The van der Waals surface area contributed by atoms with Gasteiger partial charge in [-0.25, -0.2) is 0 Å². The Labute approximate surface area is 152 Å². The highest BCUT2D eigenvalue weighted by Crippen LogP contribution is 2.31. The van der Waals surface area contributed by atoms with Crippen molar-refractivity contribution < 1.29 is 13.6 Å². The molecular weight excluding hydrogens is 318 g/mol. The number of benzene rings is 1. The summed E-state index contributed by atoms with van der Waals surface area (Å²) >= 11 is 1.66. The van der Waals surface area contributed by atoms with Gasteiger partial charge in [-0.3, -0.25) is 4.79 Å². The van der Waals surface area contributed by atoms with Gasteiger partial charge in [0.2, 0.25) is 5.91 Å². The van der Waals surface area contributed by atoms with Crippen molar-refractivity contribution in [2.45, 2.75) is 45.0 Å². The van der Waals surface area contributed by atoms with Gasteiger partial charge in [-0.1, -0.05) is 25.1 Å². The van der Waals surface area contributed by atoms with Gasteiger partial charge in [-0.2, -0.15) is 0 Å². The van der Waals surface area contributed by atoms with Gasteiger partial charge in [-0.05, 0) is 54.3 Å². The third kappa shape index (κ3) is 3.64. The maximum absolute atomic E-state index is 12.8. The van der Waals surface area contributed by atoms with E-state index >= 15 is 0 Å². The van der Waals surface area contributed by atoms with Gasteiger partial charge in [0.25, 0.3) is 0 Å². The standard InChI is InChI=1S/C20H25NO2S/c1-3-20(22)21(12-11-17-7-5-13-24-17)16-9-10-18-15(14-16)6-4-8-19(18)23-2/h4-8,13,16H,3,9-12,14H2,1-2H3/i1D3. The average molecular weight is 347 g/mol. The summed E-state index contributed by atoms with van der Waals surface area (Å²) in [6.07, 6.45) is 2.75. The lowest BCUT2D eigenvalue weighted by molar-refractivity contribution is -0.133. The van der Waals surface area contributed by atoms with Gasteiger partial charge < -0.3 is 9.64 Å². The van der Waals surface area contributed by atoms with Crippen LogP contribution in [-0.2, 0) is 24.1 Å². The van der Waals surface area contributed by atoms with Gasteiger partial charge in [0, 0.05) is 28.0 Å². The first kappa shape index (κ1) is 13.5. The molecular formula is C20H25NO2S. The molecule has 0 radical (unpaired) electrons. The van der Waals surface area contributed by atoms with Crippen molar-refractivity contribution in [2.75, 3.05) is 13.7 Å². The second kappa shape index (κ2) is 7.84. The maximum Gasteiger partial charge on any atom is 0.222 e. The molecule has 1 heterocycles. The Morgan fingerprint density at radius 3 is 3.08 bits per heavy atom. The minimum Gasteiger partial charge on any atom is -0.496 e. The Morgan fingerprint density at radius 2 is 2.33 bits per heavy atom. The molecule has 0 fully saturated rings. The molecule has 0 spiro atoms. The zero-order valence-corrected chi connectivity index (χ0v) is 14.8. The minimum absolute atomic E-state index is 0.0272. The van der Waals surface area contributed by atoms with Crippen LogP contribution in [0.25, 0.3) is 0 Å². The molecule has 128 valence electrons. The lowest BCUT2D eigenvalue weighted by Crippen LogP contribution is -2.44. The lowest BCUT2D eigenvalue weighted by Gasteiger charge is -2.35.